The smallest absolute Gasteiger partial charge is 0.325 e. The molecule has 15 heavy (non-hydrogen) atoms. The number of carboxylic acids is 1. The van der Waals surface area contributed by atoms with Crippen molar-refractivity contribution in [2.24, 2.45) is 0 Å². The number of aromatic hydroxyl groups is 1. The molecule has 0 saturated carbocycles. The number of phenols is 1. The van der Waals surface area contributed by atoms with Crippen LogP contribution in [-0.2, 0) is 4.79 Å². The van der Waals surface area contributed by atoms with Gasteiger partial charge in [-0.25, -0.2) is 0 Å². The van der Waals surface area contributed by atoms with Crippen LogP contribution < -0.4 is 0 Å². The van der Waals surface area contributed by atoms with Crippen LogP contribution in [0.5, 0.6) is 5.75 Å². The van der Waals surface area contributed by atoms with Gasteiger partial charge in [0.05, 0.1) is 5.02 Å². The summed E-state index contributed by atoms with van der Waals surface area (Å²) in [5, 5.41) is 18.5. The average Bonchev–Trinajstić information content (AvgIpc) is 2.11. The molecular formula is C10H12ClNO3. The van der Waals surface area contributed by atoms with Gasteiger partial charge >= 0.3 is 5.97 Å². The van der Waals surface area contributed by atoms with Crippen molar-refractivity contribution in [1.29, 1.82) is 0 Å². The highest BCUT2D eigenvalue weighted by Crippen LogP contribution is 2.32. The Morgan fingerprint density at radius 2 is 2.07 bits per heavy atom. The quantitative estimate of drug-likeness (QED) is 0.829. The van der Waals surface area contributed by atoms with E-state index in [0.29, 0.717) is 5.56 Å². The van der Waals surface area contributed by atoms with Crippen LogP contribution in [0.3, 0.4) is 0 Å². The van der Waals surface area contributed by atoms with E-state index in [1.165, 1.54) is 11.0 Å². The van der Waals surface area contributed by atoms with Crippen molar-refractivity contribution in [1.82, 2.24) is 4.90 Å². The fourth-order valence-electron chi connectivity index (χ4n) is 1.38. The molecule has 0 fully saturated rings. The van der Waals surface area contributed by atoms with E-state index in [-0.39, 0.29) is 10.8 Å². The minimum absolute atomic E-state index is 0.0820. The van der Waals surface area contributed by atoms with E-state index in [0.717, 1.165) is 0 Å². The van der Waals surface area contributed by atoms with E-state index < -0.39 is 12.0 Å². The predicted octanol–water partition coefficient (Wildman–Crippen LogP) is 1.73. The Balaban J connectivity index is 3.23. The average molecular weight is 230 g/mol. The number of carbonyl (C=O) groups is 1. The third-order valence-electron chi connectivity index (χ3n) is 2.05. The first-order valence-corrected chi connectivity index (χ1v) is 4.69. The van der Waals surface area contributed by atoms with Crippen molar-refractivity contribution in [2.45, 2.75) is 6.04 Å². The summed E-state index contributed by atoms with van der Waals surface area (Å²) < 4.78 is 0. The summed E-state index contributed by atoms with van der Waals surface area (Å²) >= 11 is 5.84. The van der Waals surface area contributed by atoms with Gasteiger partial charge in [0.2, 0.25) is 0 Å². The number of aliphatic carboxylic acids is 1. The van der Waals surface area contributed by atoms with Crippen LogP contribution in [0, 0.1) is 0 Å². The highest BCUT2D eigenvalue weighted by atomic mass is 35.5. The van der Waals surface area contributed by atoms with Crippen LogP contribution in [0.25, 0.3) is 0 Å². The van der Waals surface area contributed by atoms with Crippen molar-refractivity contribution < 1.29 is 15.0 Å². The lowest BCUT2D eigenvalue weighted by Gasteiger charge is -2.21. The van der Waals surface area contributed by atoms with E-state index >= 15 is 0 Å². The van der Waals surface area contributed by atoms with E-state index in [1.54, 1.807) is 26.2 Å². The van der Waals surface area contributed by atoms with Crippen molar-refractivity contribution >= 4 is 17.6 Å². The summed E-state index contributed by atoms with van der Waals surface area (Å²) in [7, 11) is 3.28. The van der Waals surface area contributed by atoms with Crippen molar-refractivity contribution in [2.75, 3.05) is 14.1 Å². The van der Waals surface area contributed by atoms with Crippen LogP contribution in [-0.4, -0.2) is 35.2 Å². The van der Waals surface area contributed by atoms with Gasteiger partial charge in [-0.3, -0.25) is 9.69 Å². The Kier molecular flexibility index (Phi) is 3.55. The summed E-state index contributed by atoms with van der Waals surface area (Å²) in [5.74, 6) is -1.12. The lowest BCUT2D eigenvalue weighted by atomic mass is 10.1. The van der Waals surface area contributed by atoms with Gasteiger partial charge in [0.25, 0.3) is 0 Å². The molecule has 0 aliphatic carbocycles. The Labute approximate surface area is 92.7 Å². The van der Waals surface area contributed by atoms with E-state index in [9.17, 15) is 9.90 Å². The van der Waals surface area contributed by atoms with Gasteiger partial charge in [0, 0.05) is 5.56 Å². The summed E-state index contributed by atoms with van der Waals surface area (Å²) in [6.45, 7) is 0. The molecule has 1 unspecified atom stereocenters. The molecule has 2 N–H and O–H groups in total. The zero-order chi connectivity index (χ0) is 11.6. The number of nitrogens with zero attached hydrogens (tertiary/aromatic N) is 1. The standard InChI is InChI=1S/C10H12ClNO3/c1-12(2)9(10(14)15)6-4-3-5-7(13)8(6)11/h3-5,9,13H,1-2H3,(H,14,15). The van der Waals surface area contributed by atoms with Crippen molar-refractivity contribution in [3.63, 3.8) is 0 Å². The lowest BCUT2D eigenvalue weighted by molar-refractivity contribution is -0.142. The van der Waals surface area contributed by atoms with Crippen LogP contribution in [0.15, 0.2) is 18.2 Å². The predicted molar refractivity (Wildman–Crippen MR) is 57.2 cm³/mol. The highest BCUT2D eigenvalue weighted by Gasteiger charge is 2.25. The molecule has 0 aromatic heterocycles. The van der Waals surface area contributed by atoms with Crippen LogP contribution in [0.4, 0.5) is 0 Å². The zero-order valence-electron chi connectivity index (χ0n) is 8.44. The lowest BCUT2D eigenvalue weighted by Crippen LogP contribution is -2.27. The molecule has 5 heteroatoms. The van der Waals surface area contributed by atoms with E-state index in [4.69, 9.17) is 16.7 Å². The maximum atomic E-state index is 11.0. The normalized spacial score (nSPS) is 12.8. The highest BCUT2D eigenvalue weighted by molar-refractivity contribution is 6.33. The number of likely N-dealkylation sites (N-methyl/N-ethyl adjacent to an activating group) is 1. The second-order valence-corrected chi connectivity index (χ2v) is 3.76. The van der Waals surface area contributed by atoms with Crippen LogP contribution >= 0.6 is 11.6 Å². The number of rotatable bonds is 3. The molecule has 1 rings (SSSR count). The van der Waals surface area contributed by atoms with Gasteiger partial charge in [0.15, 0.2) is 0 Å². The minimum atomic E-state index is -1.01. The molecule has 0 amide bonds. The third kappa shape index (κ3) is 2.40. The summed E-state index contributed by atoms with van der Waals surface area (Å²) in [5.41, 5.74) is 0.383. The van der Waals surface area contributed by atoms with Gasteiger partial charge in [-0.05, 0) is 20.2 Å². The number of hydrogen-bond donors (Lipinski definition) is 2. The third-order valence-corrected chi connectivity index (χ3v) is 2.46. The summed E-state index contributed by atoms with van der Waals surface area (Å²) in [6, 6.07) is 3.71. The molecule has 0 radical (unpaired) electrons. The van der Waals surface area contributed by atoms with E-state index in [2.05, 4.69) is 0 Å². The molecule has 1 atom stereocenters. The molecule has 1 aromatic rings. The molecule has 82 valence electrons. The fraction of sp³-hybridized carbons (Fsp3) is 0.300. The number of hydrogen-bond acceptors (Lipinski definition) is 3. The summed E-state index contributed by atoms with van der Waals surface area (Å²) in [4.78, 5) is 12.5. The molecule has 4 nitrogen and oxygen atoms in total. The van der Waals surface area contributed by atoms with Crippen LogP contribution in [0.1, 0.15) is 11.6 Å². The summed E-state index contributed by atoms with van der Waals surface area (Å²) in [6.07, 6.45) is 0. The largest absolute Gasteiger partial charge is 0.506 e. The number of halogens is 1. The monoisotopic (exact) mass is 229 g/mol. The van der Waals surface area contributed by atoms with Crippen LogP contribution in [0.2, 0.25) is 5.02 Å². The van der Waals surface area contributed by atoms with Gasteiger partial charge in [-0.2, -0.15) is 0 Å². The Morgan fingerprint density at radius 3 is 2.53 bits per heavy atom. The minimum Gasteiger partial charge on any atom is -0.506 e. The molecule has 0 aliphatic rings. The molecule has 0 saturated heterocycles. The molecule has 0 bridgehead atoms. The topological polar surface area (TPSA) is 60.8 Å². The maximum Gasteiger partial charge on any atom is 0.325 e. The molecule has 0 spiro atoms. The first-order chi connectivity index (χ1) is 6.95. The Morgan fingerprint density at radius 1 is 1.47 bits per heavy atom. The Hall–Kier alpha value is -1.26. The zero-order valence-corrected chi connectivity index (χ0v) is 9.19. The second kappa shape index (κ2) is 4.51. The van der Waals surface area contributed by atoms with Crippen molar-refractivity contribution in [3.8, 4) is 5.75 Å². The first kappa shape index (κ1) is 11.8. The fourth-order valence-corrected chi connectivity index (χ4v) is 1.61. The van der Waals surface area contributed by atoms with Gasteiger partial charge < -0.3 is 10.2 Å². The van der Waals surface area contributed by atoms with Gasteiger partial charge in [-0.1, -0.05) is 23.7 Å². The van der Waals surface area contributed by atoms with E-state index in [1.807, 2.05) is 0 Å². The Bertz CT molecular complexity index is 379. The molecular weight excluding hydrogens is 218 g/mol. The first-order valence-electron chi connectivity index (χ1n) is 4.31. The molecule has 0 heterocycles. The van der Waals surface area contributed by atoms with Gasteiger partial charge in [0.1, 0.15) is 11.8 Å². The maximum absolute atomic E-state index is 11.0. The SMILES string of the molecule is CN(C)C(C(=O)O)c1cccc(O)c1Cl. The molecule has 0 aliphatic heterocycles. The number of phenolic OH excluding ortho intramolecular Hbond substituents is 1. The number of benzene rings is 1. The van der Waals surface area contributed by atoms with Gasteiger partial charge in [-0.15, -0.1) is 0 Å². The van der Waals surface area contributed by atoms with Crippen molar-refractivity contribution in [3.05, 3.63) is 28.8 Å². The number of carboxylic acid groups (broad SMARTS) is 1. The second-order valence-electron chi connectivity index (χ2n) is 3.38. The molecule has 1 aromatic carbocycles.